The predicted molar refractivity (Wildman–Crippen MR) is 59.8 cm³/mol. The third kappa shape index (κ3) is 3.28. The molecule has 2 amide bonds. The molecule has 0 fully saturated rings. The number of nitrogens with two attached hydrogens (primary N) is 1. The number of nitrogens with zero attached hydrogens (tertiary/aromatic N) is 1. The van der Waals surface area contributed by atoms with Crippen molar-refractivity contribution in [2.24, 2.45) is 5.73 Å². The van der Waals surface area contributed by atoms with Gasteiger partial charge in [0.2, 0.25) is 5.91 Å². The van der Waals surface area contributed by atoms with Crippen LogP contribution in [0.2, 0.25) is 0 Å². The number of rotatable bonds is 3. The second-order valence-electron chi connectivity index (χ2n) is 3.18. The number of hydrogen-bond donors (Lipinski definition) is 2. The number of primary amides is 1. The van der Waals surface area contributed by atoms with E-state index in [0.29, 0.717) is 10.5 Å². The first-order valence-electron chi connectivity index (χ1n) is 4.33. The first-order chi connectivity index (χ1) is 7.00. The molecular weight excluding hydrogens is 212 g/mol. The maximum atomic E-state index is 11.7. The molecule has 0 aliphatic heterocycles. The summed E-state index contributed by atoms with van der Waals surface area (Å²) in [4.78, 5) is 24.3. The van der Waals surface area contributed by atoms with Gasteiger partial charge in [0.05, 0.1) is 6.54 Å². The zero-order valence-electron chi connectivity index (χ0n) is 8.30. The summed E-state index contributed by atoms with van der Waals surface area (Å²) in [6, 6.07) is 6.81. The average molecular weight is 224 g/mol. The Bertz CT molecular complexity index is 393. The van der Waals surface area contributed by atoms with E-state index in [0.717, 1.165) is 0 Å². The van der Waals surface area contributed by atoms with E-state index < -0.39 is 5.91 Å². The lowest BCUT2D eigenvalue weighted by atomic mass is 10.2. The average Bonchev–Trinajstić information content (AvgIpc) is 2.15. The number of thiol groups is 1. The third-order valence-corrected chi connectivity index (χ3v) is 2.11. The van der Waals surface area contributed by atoms with Crippen LogP contribution in [0.25, 0.3) is 0 Å². The van der Waals surface area contributed by atoms with E-state index in [1.165, 1.54) is 11.9 Å². The fourth-order valence-electron chi connectivity index (χ4n) is 1.16. The number of amides is 2. The highest BCUT2D eigenvalue weighted by Crippen LogP contribution is 2.10. The molecule has 1 rings (SSSR count). The fourth-order valence-corrected chi connectivity index (χ4v) is 1.39. The second kappa shape index (κ2) is 4.84. The Labute approximate surface area is 93.5 Å². The highest BCUT2D eigenvalue weighted by Gasteiger charge is 2.12. The Balaban J connectivity index is 2.80. The fraction of sp³-hybridized carbons (Fsp3) is 0.200. The van der Waals surface area contributed by atoms with E-state index in [1.807, 2.05) is 0 Å². The highest BCUT2D eigenvalue weighted by atomic mass is 32.1. The first-order valence-corrected chi connectivity index (χ1v) is 4.78. The molecule has 0 aromatic heterocycles. The molecule has 1 aromatic rings. The van der Waals surface area contributed by atoms with Gasteiger partial charge in [-0.1, -0.05) is 6.07 Å². The summed E-state index contributed by atoms with van der Waals surface area (Å²) in [5.74, 6) is -0.780. The summed E-state index contributed by atoms with van der Waals surface area (Å²) in [7, 11) is 1.53. The Morgan fingerprint density at radius 3 is 2.67 bits per heavy atom. The molecule has 0 radical (unpaired) electrons. The summed E-state index contributed by atoms with van der Waals surface area (Å²) in [6.07, 6.45) is 0. The predicted octanol–water partition coefficient (Wildman–Crippen LogP) is 0.533. The van der Waals surface area contributed by atoms with Crippen molar-refractivity contribution < 1.29 is 9.59 Å². The van der Waals surface area contributed by atoms with Gasteiger partial charge in [0.1, 0.15) is 0 Å². The number of carbonyl (C=O) groups is 2. The number of hydrogen-bond acceptors (Lipinski definition) is 3. The molecular formula is C10H12N2O2S. The van der Waals surface area contributed by atoms with Crippen molar-refractivity contribution in [3.05, 3.63) is 29.8 Å². The van der Waals surface area contributed by atoms with Crippen LogP contribution in [0.4, 0.5) is 0 Å². The van der Waals surface area contributed by atoms with Gasteiger partial charge >= 0.3 is 0 Å². The van der Waals surface area contributed by atoms with Gasteiger partial charge < -0.3 is 10.6 Å². The van der Waals surface area contributed by atoms with Gasteiger partial charge in [-0.05, 0) is 18.2 Å². The van der Waals surface area contributed by atoms with E-state index in [1.54, 1.807) is 24.3 Å². The quantitative estimate of drug-likeness (QED) is 0.736. The van der Waals surface area contributed by atoms with E-state index in [-0.39, 0.29) is 12.5 Å². The Kier molecular flexibility index (Phi) is 3.74. The van der Waals surface area contributed by atoms with Crippen LogP contribution in [0.1, 0.15) is 10.4 Å². The monoisotopic (exact) mass is 224 g/mol. The van der Waals surface area contributed by atoms with E-state index in [2.05, 4.69) is 12.6 Å². The first kappa shape index (κ1) is 11.6. The normalized spacial score (nSPS) is 9.73. The zero-order chi connectivity index (χ0) is 11.4. The standard InChI is InChI=1S/C10H12N2O2S/c1-12(6-9(11)13)10(14)7-3-2-4-8(15)5-7/h2-5,15H,6H2,1H3,(H2,11,13). The summed E-state index contributed by atoms with van der Waals surface area (Å²) in [6.45, 7) is -0.0877. The lowest BCUT2D eigenvalue weighted by Crippen LogP contribution is -2.35. The van der Waals surface area contributed by atoms with Gasteiger partial charge in [-0.2, -0.15) is 0 Å². The molecule has 0 unspecified atom stereocenters. The molecule has 0 atom stereocenters. The van der Waals surface area contributed by atoms with Crippen molar-refractivity contribution in [3.63, 3.8) is 0 Å². The molecule has 5 heteroatoms. The minimum atomic E-state index is -0.534. The SMILES string of the molecule is CN(CC(N)=O)C(=O)c1cccc(S)c1. The van der Waals surface area contributed by atoms with Gasteiger partial charge in [-0.3, -0.25) is 9.59 Å². The second-order valence-corrected chi connectivity index (χ2v) is 3.69. The van der Waals surface area contributed by atoms with Gasteiger partial charge in [-0.25, -0.2) is 0 Å². The lowest BCUT2D eigenvalue weighted by molar-refractivity contribution is -0.118. The van der Waals surface area contributed by atoms with Crippen LogP contribution in [0.15, 0.2) is 29.2 Å². The minimum Gasteiger partial charge on any atom is -0.368 e. The summed E-state index contributed by atoms with van der Waals surface area (Å²) in [5.41, 5.74) is 5.48. The van der Waals surface area contributed by atoms with Crippen molar-refractivity contribution in [1.82, 2.24) is 4.90 Å². The molecule has 0 spiro atoms. The van der Waals surface area contributed by atoms with Gasteiger partial charge in [-0.15, -0.1) is 12.6 Å². The molecule has 4 nitrogen and oxygen atoms in total. The largest absolute Gasteiger partial charge is 0.368 e. The van der Waals surface area contributed by atoms with Crippen LogP contribution < -0.4 is 5.73 Å². The van der Waals surface area contributed by atoms with Crippen LogP contribution in [-0.2, 0) is 4.79 Å². The third-order valence-electron chi connectivity index (χ3n) is 1.83. The summed E-state index contributed by atoms with van der Waals surface area (Å²) >= 11 is 4.12. The maximum Gasteiger partial charge on any atom is 0.254 e. The van der Waals surface area contributed by atoms with Crippen molar-refractivity contribution >= 4 is 24.4 Å². The smallest absolute Gasteiger partial charge is 0.254 e. The van der Waals surface area contributed by atoms with Gasteiger partial charge in [0.25, 0.3) is 5.91 Å². The van der Waals surface area contributed by atoms with Crippen LogP contribution in [-0.4, -0.2) is 30.3 Å². The summed E-state index contributed by atoms with van der Waals surface area (Å²) < 4.78 is 0. The van der Waals surface area contributed by atoms with Crippen molar-refractivity contribution in [2.45, 2.75) is 4.90 Å². The Morgan fingerprint density at radius 2 is 2.13 bits per heavy atom. The van der Waals surface area contributed by atoms with Crippen LogP contribution in [0, 0.1) is 0 Å². The maximum absolute atomic E-state index is 11.7. The number of carbonyl (C=O) groups excluding carboxylic acids is 2. The molecule has 0 aliphatic carbocycles. The molecule has 0 saturated carbocycles. The van der Waals surface area contributed by atoms with E-state index in [4.69, 9.17) is 5.73 Å². The minimum absolute atomic E-state index is 0.0877. The van der Waals surface area contributed by atoms with Crippen LogP contribution in [0.5, 0.6) is 0 Å². The Morgan fingerprint density at radius 1 is 1.47 bits per heavy atom. The molecule has 0 bridgehead atoms. The zero-order valence-corrected chi connectivity index (χ0v) is 9.20. The molecule has 1 aromatic carbocycles. The van der Waals surface area contributed by atoms with Crippen molar-refractivity contribution in [3.8, 4) is 0 Å². The van der Waals surface area contributed by atoms with Gasteiger partial charge in [0, 0.05) is 17.5 Å². The van der Waals surface area contributed by atoms with Crippen molar-refractivity contribution in [2.75, 3.05) is 13.6 Å². The van der Waals surface area contributed by atoms with Crippen molar-refractivity contribution in [1.29, 1.82) is 0 Å². The molecule has 2 N–H and O–H groups in total. The van der Waals surface area contributed by atoms with E-state index in [9.17, 15) is 9.59 Å². The molecule has 0 aliphatic rings. The number of likely N-dealkylation sites (N-methyl/N-ethyl adjacent to an activating group) is 1. The molecule has 0 heterocycles. The Hall–Kier alpha value is -1.49. The highest BCUT2D eigenvalue weighted by molar-refractivity contribution is 7.80. The van der Waals surface area contributed by atoms with Crippen LogP contribution in [0.3, 0.4) is 0 Å². The topological polar surface area (TPSA) is 63.4 Å². The molecule has 0 saturated heterocycles. The molecule has 80 valence electrons. The van der Waals surface area contributed by atoms with Gasteiger partial charge in [0.15, 0.2) is 0 Å². The van der Waals surface area contributed by atoms with Crippen LogP contribution >= 0.6 is 12.6 Å². The lowest BCUT2D eigenvalue weighted by Gasteiger charge is -2.14. The molecule has 15 heavy (non-hydrogen) atoms. The van der Waals surface area contributed by atoms with E-state index >= 15 is 0 Å². The summed E-state index contributed by atoms with van der Waals surface area (Å²) in [5, 5.41) is 0. The number of benzene rings is 1.